The number of fused-ring (bicyclic) bond motifs is 4. The maximum atomic E-state index is 6.79. The van der Waals surface area contributed by atoms with Crippen molar-refractivity contribution in [3.05, 3.63) is 218 Å². The maximum absolute atomic E-state index is 6.79. The van der Waals surface area contributed by atoms with Crippen LogP contribution in [0.1, 0.15) is 0 Å². The topological polar surface area (TPSA) is 19.6 Å². The molecule has 0 unspecified atom stereocenters. The fourth-order valence-electron chi connectivity index (χ4n) is 7.80. The van der Waals surface area contributed by atoms with Gasteiger partial charge in [-0.25, -0.2) is 0 Å². The molecule has 0 N–H and O–H groups in total. The second-order valence-electron chi connectivity index (χ2n) is 13.8. The molecule has 0 aliphatic rings. The van der Waals surface area contributed by atoms with Crippen LogP contribution in [0.5, 0.6) is 0 Å². The second kappa shape index (κ2) is 13.9. The van der Waals surface area contributed by atoms with Crippen molar-refractivity contribution in [2.24, 2.45) is 0 Å². The van der Waals surface area contributed by atoms with Gasteiger partial charge >= 0.3 is 0 Å². The minimum atomic E-state index is 0.829. The molecule has 0 saturated heterocycles. The van der Waals surface area contributed by atoms with Crippen LogP contribution in [0.4, 0.5) is 34.1 Å². The maximum Gasteiger partial charge on any atom is 0.137 e. The highest BCUT2D eigenvalue weighted by Gasteiger charge is 2.26. The number of anilines is 6. The monoisotopic (exact) mass is 704 g/mol. The molecule has 3 heteroatoms. The van der Waals surface area contributed by atoms with Crippen LogP contribution in [0.15, 0.2) is 223 Å². The molecule has 0 amide bonds. The molecule has 3 nitrogen and oxygen atoms in total. The van der Waals surface area contributed by atoms with E-state index in [2.05, 4.69) is 228 Å². The Balaban J connectivity index is 1.29. The molecule has 0 saturated carbocycles. The number of furan rings is 1. The van der Waals surface area contributed by atoms with Crippen LogP contribution in [0.3, 0.4) is 0 Å². The van der Waals surface area contributed by atoms with Crippen molar-refractivity contribution in [3.63, 3.8) is 0 Å². The van der Waals surface area contributed by atoms with Gasteiger partial charge in [-0.3, -0.25) is 0 Å². The largest absolute Gasteiger partial charge is 0.456 e. The Morgan fingerprint density at radius 3 is 1.42 bits per heavy atom. The molecule has 1 aromatic heterocycles. The summed E-state index contributed by atoms with van der Waals surface area (Å²) in [6, 6.07) is 77.6. The Morgan fingerprint density at radius 2 is 0.745 bits per heavy atom. The molecule has 1 heterocycles. The van der Waals surface area contributed by atoms with Crippen molar-refractivity contribution >= 4 is 66.8 Å². The summed E-state index contributed by atoms with van der Waals surface area (Å²) in [6.07, 6.45) is 0. The van der Waals surface area contributed by atoms with Gasteiger partial charge in [0.2, 0.25) is 0 Å². The molecule has 55 heavy (non-hydrogen) atoms. The number of hydrogen-bond acceptors (Lipinski definition) is 3. The average molecular weight is 705 g/mol. The summed E-state index contributed by atoms with van der Waals surface area (Å²) >= 11 is 0. The highest BCUT2D eigenvalue weighted by atomic mass is 16.3. The van der Waals surface area contributed by atoms with E-state index < -0.39 is 0 Å². The predicted octanol–water partition coefficient (Wildman–Crippen LogP) is 15.0. The highest BCUT2D eigenvalue weighted by molar-refractivity contribution is 6.13. The third-order valence-corrected chi connectivity index (χ3v) is 10.4. The van der Waals surface area contributed by atoms with Gasteiger partial charge < -0.3 is 14.2 Å². The summed E-state index contributed by atoms with van der Waals surface area (Å²) in [7, 11) is 0. The van der Waals surface area contributed by atoms with E-state index in [0.717, 1.165) is 72.6 Å². The number of benzene rings is 9. The van der Waals surface area contributed by atoms with Gasteiger partial charge in [0.15, 0.2) is 0 Å². The van der Waals surface area contributed by atoms with Crippen molar-refractivity contribution in [1.82, 2.24) is 0 Å². The number of para-hydroxylation sites is 3. The van der Waals surface area contributed by atoms with Crippen molar-refractivity contribution in [3.8, 4) is 22.3 Å². The van der Waals surface area contributed by atoms with Crippen LogP contribution in [-0.4, -0.2) is 0 Å². The average Bonchev–Trinajstić information content (AvgIpc) is 3.61. The molecule has 9 aromatic carbocycles. The van der Waals surface area contributed by atoms with Crippen LogP contribution in [-0.2, 0) is 0 Å². The van der Waals surface area contributed by atoms with Crippen molar-refractivity contribution < 1.29 is 4.42 Å². The van der Waals surface area contributed by atoms with Crippen LogP contribution in [0.25, 0.3) is 55.0 Å². The molecule has 0 radical (unpaired) electrons. The molecular weight excluding hydrogens is 669 g/mol. The van der Waals surface area contributed by atoms with Gasteiger partial charge in [-0.2, -0.15) is 0 Å². The Morgan fingerprint density at radius 1 is 0.291 bits per heavy atom. The Hall–Kier alpha value is -7.36. The van der Waals surface area contributed by atoms with Crippen molar-refractivity contribution in [1.29, 1.82) is 0 Å². The fraction of sp³-hybridized carbons (Fsp3) is 0. The third-order valence-electron chi connectivity index (χ3n) is 10.4. The quantitative estimate of drug-likeness (QED) is 0.157. The van der Waals surface area contributed by atoms with E-state index in [0.29, 0.717) is 0 Å². The fourth-order valence-corrected chi connectivity index (χ4v) is 7.80. The Bertz CT molecular complexity index is 2900. The van der Waals surface area contributed by atoms with Crippen molar-refractivity contribution in [2.45, 2.75) is 0 Å². The summed E-state index contributed by atoms with van der Waals surface area (Å²) in [5.74, 6) is 0. The van der Waals surface area contributed by atoms with E-state index in [1.807, 2.05) is 0 Å². The lowest BCUT2D eigenvalue weighted by Gasteiger charge is -2.34. The van der Waals surface area contributed by atoms with E-state index in [1.165, 1.54) is 16.5 Å². The summed E-state index contributed by atoms with van der Waals surface area (Å²) in [5, 5.41) is 4.48. The lowest BCUT2D eigenvalue weighted by molar-refractivity contribution is 0.669. The van der Waals surface area contributed by atoms with Gasteiger partial charge in [0, 0.05) is 39.5 Å². The minimum Gasteiger partial charge on any atom is -0.456 e. The number of nitrogens with zero attached hydrogens (tertiary/aromatic N) is 2. The minimum absolute atomic E-state index is 0.829. The highest BCUT2D eigenvalue weighted by Crippen LogP contribution is 2.50. The second-order valence-corrected chi connectivity index (χ2v) is 13.8. The number of rotatable bonds is 8. The first-order valence-electron chi connectivity index (χ1n) is 18.7. The van der Waals surface area contributed by atoms with Gasteiger partial charge in [-0.05, 0) is 88.1 Å². The standard InChI is InChI=1S/C52H36N2O/c1-5-17-37(18-6-1)38-29-31-44(32-30-38)53(42-23-9-3-10-24-42)50-36-52-47(46-33-40-21-13-14-22-41(40)34-51(46)55-52)35-49(50)54(43-25-11-4-12-26-43)48-28-16-15-27-45(48)39-19-7-2-8-20-39/h1-36H. The zero-order chi connectivity index (χ0) is 36.6. The van der Waals surface area contributed by atoms with Gasteiger partial charge in [0.1, 0.15) is 11.2 Å². The first-order valence-corrected chi connectivity index (χ1v) is 18.7. The first kappa shape index (κ1) is 32.3. The molecule has 0 spiro atoms. The van der Waals surface area contributed by atoms with E-state index in [1.54, 1.807) is 0 Å². The van der Waals surface area contributed by atoms with Crippen LogP contribution in [0, 0.1) is 0 Å². The molecule has 0 atom stereocenters. The predicted molar refractivity (Wildman–Crippen MR) is 231 cm³/mol. The van der Waals surface area contributed by atoms with Crippen LogP contribution >= 0.6 is 0 Å². The SMILES string of the molecule is c1ccc(-c2ccc(N(c3ccccc3)c3cc4oc5cc6ccccc6cc5c4cc3N(c3ccccc3)c3ccccc3-c3ccccc3)cc2)cc1. The van der Waals surface area contributed by atoms with Crippen molar-refractivity contribution in [2.75, 3.05) is 9.80 Å². The van der Waals surface area contributed by atoms with E-state index in [9.17, 15) is 0 Å². The summed E-state index contributed by atoms with van der Waals surface area (Å²) in [4.78, 5) is 4.76. The smallest absolute Gasteiger partial charge is 0.137 e. The van der Waals surface area contributed by atoms with E-state index in [-0.39, 0.29) is 0 Å². The van der Waals surface area contributed by atoms with Gasteiger partial charge in [0.05, 0.1) is 17.1 Å². The van der Waals surface area contributed by atoms with Gasteiger partial charge in [-0.15, -0.1) is 0 Å². The zero-order valence-corrected chi connectivity index (χ0v) is 30.1. The number of hydrogen-bond donors (Lipinski definition) is 0. The normalized spacial score (nSPS) is 11.3. The molecule has 0 aliphatic heterocycles. The first-order chi connectivity index (χ1) is 27.3. The summed E-state index contributed by atoms with van der Waals surface area (Å²) in [5.41, 5.74) is 12.6. The lowest BCUT2D eigenvalue weighted by atomic mass is 10.00. The molecule has 10 aromatic rings. The van der Waals surface area contributed by atoms with Crippen LogP contribution < -0.4 is 9.80 Å². The third kappa shape index (κ3) is 5.98. The van der Waals surface area contributed by atoms with E-state index in [4.69, 9.17) is 4.42 Å². The summed E-state index contributed by atoms with van der Waals surface area (Å²) < 4.78 is 6.79. The zero-order valence-electron chi connectivity index (χ0n) is 30.1. The Kier molecular flexibility index (Phi) is 8.16. The molecule has 260 valence electrons. The summed E-state index contributed by atoms with van der Waals surface area (Å²) in [6.45, 7) is 0. The van der Waals surface area contributed by atoms with Crippen LogP contribution in [0.2, 0.25) is 0 Å². The lowest BCUT2D eigenvalue weighted by Crippen LogP contribution is -2.17. The van der Waals surface area contributed by atoms with E-state index >= 15 is 0 Å². The van der Waals surface area contributed by atoms with Gasteiger partial charge in [0.25, 0.3) is 0 Å². The molecular formula is C52H36N2O. The van der Waals surface area contributed by atoms with Gasteiger partial charge in [-0.1, -0.05) is 152 Å². The Labute approximate surface area is 320 Å². The molecule has 0 fully saturated rings. The molecule has 0 aliphatic carbocycles. The molecule has 0 bridgehead atoms. The molecule has 10 rings (SSSR count).